The third kappa shape index (κ3) is 3.50. The van der Waals surface area contributed by atoms with E-state index in [0.717, 1.165) is 10.0 Å². The second-order valence-corrected chi connectivity index (χ2v) is 5.87. The quantitative estimate of drug-likeness (QED) is 0.706. The van der Waals surface area contributed by atoms with Crippen LogP contribution in [0.5, 0.6) is 11.6 Å². The molecule has 0 amide bonds. The molecule has 0 spiro atoms. The van der Waals surface area contributed by atoms with Crippen molar-refractivity contribution in [3.05, 3.63) is 51.1 Å². The zero-order chi connectivity index (χ0) is 14.7. The molecule has 0 radical (unpaired) electrons. The number of halogens is 2. The number of hydrogen-bond acceptors (Lipinski definition) is 3. The van der Waals surface area contributed by atoms with Crippen LogP contribution < -0.4 is 4.74 Å². The summed E-state index contributed by atoms with van der Waals surface area (Å²) in [7, 11) is 0. The van der Waals surface area contributed by atoms with Crippen molar-refractivity contribution in [3.63, 3.8) is 0 Å². The topological polar surface area (TPSA) is 45.9 Å². The van der Waals surface area contributed by atoms with E-state index in [-0.39, 0.29) is 5.15 Å². The van der Waals surface area contributed by atoms with Gasteiger partial charge in [-0.2, -0.15) is 5.26 Å². The van der Waals surface area contributed by atoms with E-state index in [9.17, 15) is 0 Å². The Labute approximate surface area is 131 Å². The molecule has 0 fully saturated rings. The summed E-state index contributed by atoms with van der Waals surface area (Å²) in [6, 6.07) is 10.9. The van der Waals surface area contributed by atoms with Crippen LogP contribution in [-0.4, -0.2) is 4.98 Å². The van der Waals surface area contributed by atoms with Gasteiger partial charge in [0.25, 0.3) is 0 Å². The van der Waals surface area contributed by atoms with Gasteiger partial charge in [-0.3, -0.25) is 0 Å². The first-order valence-electron chi connectivity index (χ1n) is 6.04. The van der Waals surface area contributed by atoms with Crippen molar-refractivity contribution in [1.29, 1.82) is 5.26 Å². The largest absolute Gasteiger partial charge is 0.439 e. The molecule has 0 N–H and O–H groups in total. The summed E-state index contributed by atoms with van der Waals surface area (Å²) in [5, 5.41) is 9.17. The van der Waals surface area contributed by atoms with Gasteiger partial charge in [0.15, 0.2) is 0 Å². The van der Waals surface area contributed by atoms with Gasteiger partial charge in [-0.1, -0.05) is 41.4 Å². The fraction of sp³-hybridized carbons (Fsp3) is 0.200. The Bertz CT molecular complexity index is 680. The van der Waals surface area contributed by atoms with Gasteiger partial charge in [0.05, 0.1) is 11.6 Å². The second-order valence-electron chi connectivity index (χ2n) is 4.57. The predicted molar refractivity (Wildman–Crippen MR) is 82.3 cm³/mol. The van der Waals surface area contributed by atoms with Gasteiger partial charge in [-0.25, -0.2) is 4.98 Å². The van der Waals surface area contributed by atoms with E-state index in [1.165, 1.54) is 6.07 Å². The first-order chi connectivity index (χ1) is 9.49. The SMILES string of the molecule is CC(C)c1cc(Br)ccc1Oc1cc(C#N)cc(Cl)n1. The molecular weight excluding hydrogens is 340 g/mol. The molecule has 20 heavy (non-hydrogen) atoms. The molecule has 0 aliphatic rings. The number of rotatable bonds is 3. The van der Waals surface area contributed by atoms with Gasteiger partial charge in [-0.15, -0.1) is 0 Å². The Morgan fingerprint density at radius 2 is 2.05 bits per heavy atom. The smallest absolute Gasteiger partial charge is 0.221 e. The number of ether oxygens (including phenoxy) is 1. The first-order valence-corrected chi connectivity index (χ1v) is 7.21. The molecule has 1 aromatic heterocycles. The summed E-state index contributed by atoms with van der Waals surface area (Å²) in [6.45, 7) is 4.17. The Morgan fingerprint density at radius 1 is 1.30 bits per heavy atom. The van der Waals surface area contributed by atoms with Crippen molar-refractivity contribution < 1.29 is 4.74 Å². The minimum absolute atomic E-state index is 0.238. The van der Waals surface area contributed by atoms with Crippen LogP contribution in [0, 0.1) is 11.3 Å². The molecule has 0 saturated carbocycles. The average molecular weight is 352 g/mol. The molecular formula is C15H12BrClN2O. The standard InChI is InChI=1S/C15H12BrClN2O/c1-9(2)12-7-11(16)3-4-13(12)20-15-6-10(8-18)5-14(17)19-15/h3-7,9H,1-2H3. The van der Waals surface area contributed by atoms with E-state index in [4.69, 9.17) is 21.6 Å². The molecule has 1 aromatic carbocycles. The zero-order valence-corrected chi connectivity index (χ0v) is 13.4. The highest BCUT2D eigenvalue weighted by Crippen LogP contribution is 2.32. The Kier molecular flexibility index (Phi) is 4.64. The lowest BCUT2D eigenvalue weighted by Gasteiger charge is -2.13. The summed E-state index contributed by atoms with van der Waals surface area (Å²) in [5.41, 5.74) is 1.47. The van der Waals surface area contributed by atoms with E-state index in [1.54, 1.807) is 6.07 Å². The van der Waals surface area contributed by atoms with Crippen LogP contribution in [-0.2, 0) is 0 Å². The van der Waals surface area contributed by atoms with Crippen LogP contribution in [0.15, 0.2) is 34.8 Å². The van der Waals surface area contributed by atoms with Crippen molar-refractivity contribution in [2.24, 2.45) is 0 Å². The van der Waals surface area contributed by atoms with Crippen LogP contribution in [0.2, 0.25) is 5.15 Å². The van der Waals surface area contributed by atoms with Gasteiger partial charge >= 0.3 is 0 Å². The number of hydrogen-bond donors (Lipinski definition) is 0. The number of aromatic nitrogens is 1. The highest BCUT2D eigenvalue weighted by molar-refractivity contribution is 9.10. The summed E-state index contributed by atoms with van der Waals surface area (Å²) >= 11 is 9.32. The Morgan fingerprint density at radius 3 is 2.70 bits per heavy atom. The molecule has 1 heterocycles. The Hall–Kier alpha value is -1.57. The third-order valence-corrected chi connectivity index (χ3v) is 3.39. The molecule has 2 rings (SSSR count). The number of pyridine rings is 1. The van der Waals surface area contributed by atoms with Gasteiger partial charge < -0.3 is 4.74 Å². The maximum absolute atomic E-state index is 8.93. The van der Waals surface area contributed by atoms with Crippen molar-refractivity contribution in [1.82, 2.24) is 4.98 Å². The molecule has 2 aromatic rings. The van der Waals surface area contributed by atoms with Crippen molar-refractivity contribution in [2.45, 2.75) is 19.8 Å². The summed E-state index contributed by atoms with van der Waals surface area (Å²) in [6.07, 6.45) is 0. The van der Waals surface area contributed by atoms with Crippen LogP contribution in [0.1, 0.15) is 30.9 Å². The molecule has 0 bridgehead atoms. The van der Waals surface area contributed by atoms with Crippen LogP contribution >= 0.6 is 27.5 Å². The lowest BCUT2D eigenvalue weighted by Crippen LogP contribution is -1.96. The van der Waals surface area contributed by atoms with Crippen LogP contribution in [0.25, 0.3) is 0 Å². The van der Waals surface area contributed by atoms with Crippen LogP contribution in [0.4, 0.5) is 0 Å². The molecule has 0 unspecified atom stereocenters. The molecule has 102 valence electrons. The minimum atomic E-state index is 0.238. The predicted octanol–water partition coefficient (Wildman–Crippen LogP) is 5.28. The highest BCUT2D eigenvalue weighted by atomic mass is 79.9. The number of nitrogens with zero attached hydrogens (tertiary/aromatic N) is 2. The lowest BCUT2D eigenvalue weighted by molar-refractivity contribution is 0.454. The molecule has 0 aliphatic heterocycles. The van der Waals surface area contributed by atoms with E-state index in [2.05, 4.69) is 34.8 Å². The zero-order valence-electron chi connectivity index (χ0n) is 11.0. The fourth-order valence-electron chi connectivity index (χ4n) is 1.77. The highest BCUT2D eigenvalue weighted by Gasteiger charge is 2.11. The summed E-state index contributed by atoms with van der Waals surface area (Å²) < 4.78 is 6.77. The molecule has 0 aliphatic carbocycles. The monoisotopic (exact) mass is 350 g/mol. The van der Waals surface area contributed by atoms with Gasteiger partial charge in [0.2, 0.25) is 5.88 Å². The maximum Gasteiger partial charge on any atom is 0.221 e. The average Bonchev–Trinajstić information content (AvgIpc) is 2.40. The second kappa shape index (κ2) is 6.25. The maximum atomic E-state index is 8.93. The van der Waals surface area contributed by atoms with Gasteiger partial charge in [-0.05, 0) is 35.7 Å². The van der Waals surface area contributed by atoms with E-state index < -0.39 is 0 Å². The number of nitriles is 1. The number of benzene rings is 1. The van der Waals surface area contributed by atoms with Gasteiger partial charge in [0.1, 0.15) is 10.9 Å². The molecule has 5 heteroatoms. The lowest BCUT2D eigenvalue weighted by atomic mass is 10.0. The Balaban J connectivity index is 2.40. The van der Waals surface area contributed by atoms with E-state index in [0.29, 0.717) is 23.1 Å². The fourth-order valence-corrected chi connectivity index (χ4v) is 2.35. The van der Waals surface area contributed by atoms with E-state index in [1.807, 2.05) is 24.3 Å². The third-order valence-electron chi connectivity index (χ3n) is 2.71. The van der Waals surface area contributed by atoms with Crippen molar-refractivity contribution in [3.8, 4) is 17.7 Å². The van der Waals surface area contributed by atoms with Crippen LogP contribution in [0.3, 0.4) is 0 Å². The minimum Gasteiger partial charge on any atom is -0.439 e. The summed E-state index contributed by atoms with van der Waals surface area (Å²) in [5.74, 6) is 1.33. The molecule has 0 saturated heterocycles. The normalized spacial score (nSPS) is 10.4. The molecule has 0 atom stereocenters. The van der Waals surface area contributed by atoms with Crippen molar-refractivity contribution >= 4 is 27.5 Å². The van der Waals surface area contributed by atoms with Gasteiger partial charge in [0, 0.05) is 10.5 Å². The van der Waals surface area contributed by atoms with Crippen molar-refractivity contribution in [2.75, 3.05) is 0 Å². The molecule has 3 nitrogen and oxygen atoms in total. The van der Waals surface area contributed by atoms with E-state index >= 15 is 0 Å². The first kappa shape index (κ1) is 14.8. The summed E-state index contributed by atoms with van der Waals surface area (Å²) in [4.78, 5) is 4.08.